The van der Waals surface area contributed by atoms with E-state index in [0.717, 1.165) is 28.0 Å². The largest absolute Gasteiger partial charge is 0.497 e. The fraction of sp³-hybridized carbons (Fsp3) is 0.125. The topological polar surface area (TPSA) is 72.4 Å². The van der Waals surface area contributed by atoms with Crippen LogP contribution in [-0.4, -0.2) is 36.1 Å². The maximum Gasteiger partial charge on any atom is 0.325 e. The van der Waals surface area contributed by atoms with Crippen molar-refractivity contribution in [3.8, 4) is 16.9 Å². The zero-order chi connectivity index (χ0) is 21.1. The third-order valence-corrected chi connectivity index (χ3v) is 4.88. The highest BCUT2D eigenvalue weighted by Gasteiger charge is 2.14. The summed E-state index contributed by atoms with van der Waals surface area (Å²) in [6.45, 7) is 0. The van der Waals surface area contributed by atoms with Gasteiger partial charge in [0.2, 0.25) is 0 Å². The van der Waals surface area contributed by atoms with Crippen molar-refractivity contribution in [3.05, 3.63) is 88.6 Å². The maximum absolute atomic E-state index is 12.6. The van der Waals surface area contributed by atoms with E-state index < -0.39 is 0 Å². The van der Waals surface area contributed by atoms with Gasteiger partial charge in [0.15, 0.2) is 0 Å². The van der Waals surface area contributed by atoms with Gasteiger partial charge >= 0.3 is 5.82 Å². The van der Waals surface area contributed by atoms with Crippen molar-refractivity contribution in [2.45, 2.75) is 0 Å². The molecule has 0 bridgehead atoms. The molecular formula is C24H23N4O2+. The molecule has 0 fully saturated rings. The number of rotatable bonds is 5. The molecule has 0 aliphatic heterocycles. The Morgan fingerprint density at radius 3 is 2.50 bits per heavy atom. The number of H-pyrrole nitrogens is 2. The first-order chi connectivity index (χ1) is 14.5. The molecule has 0 aliphatic carbocycles. The Morgan fingerprint density at radius 2 is 1.83 bits per heavy atom. The van der Waals surface area contributed by atoms with Crippen molar-refractivity contribution < 1.29 is 9.72 Å². The van der Waals surface area contributed by atoms with Crippen LogP contribution in [0.5, 0.6) is 5.75 Å². The Labute approximate surface area is 174 Å². The molecule has 2 aromatic carbocycles. The van der Waals surface area contributed by atoms with Gasteiger partial charge < -0.3 is 9.64 Å². The first kappa shape index (κ1) is 19.4. The van der Waals surface area contributed by atoms with Crippen LogP contribution < -0.4 is 15.3 Å². The van der Waals surface area contributed by atoms with E-state index in [9.17, 15) is 4.79 Å². The maximum atomic E-state index is 12.6. The lowest BCUT2D eigenvalue weighted by Gasteiger charge is -2.17. The summed E-state index contributed by atoms with van der Waals surface area (Å²) in [6, 6.07) is 19.3. The molecule has 0 saturated carbocycles. The highest BCUT2D eigenvalue weighted by atomic mass is 16.5. The van der Waals surface area contributed by atoms with E-state index in [4.69, 9.17) is 4.74 Å². The minimum atomic E-state index is -0.162. The number of fused-ring (bicyclic) bond motifs is 1. The number of hydrogen-bond acceptors (Lipinski definition) is 4. The number of benzene rings is 2. The molecule has 6 nitrogen and oxygen atoms in total. The molecule has 0 atom stereocenters. The summed E-state index contributed by atoms with van der Waals surface area (Å²) in [5.74, 6) is 1.45. The standard InChI is InChI=1S/C24H22N4O2/c1-28(2)21(17-9-11-19(30-3)12-10-17)14-22-25-15-18-13-20(16-7-5-4-6-8-16)24(29)27-23(18)26-22/h4-15H,1-3H3,(H,25,26,27,29)/p+1. The summed E-state index contributed by atoms with van der Waals surface area (Å²) in [4.78, 5) is 25.4. The fourth-order valence-corrected chi connectivity index (χ4v) is 3.31. The molecule has 0 aliphatic rings. The van der Waals surface area contributed by atoms with Gasteiger partial charge in [-0.05, 0) is 46.4 Å². The van der Waals surface area contributed by atoms with E-state index >= 15 is 0 Å². The molecule has 6 heteroatoms. The second kappa shape index (κ2) is 8.21. The van der Waals surface area contributed by atoms with Crippen LogP contribution >= 0.6 is 0 Å². The predicted octanol–water partition coefficient (Wildman–Crippen LogP) is 3.47. The zero-order valence-electron chi connectivity index (χ0n) is 17.1. The smallest absolute Gasteiger partial charge is 0.325 e. The van der Waals surface area contributed by atoms with Crippen LogP contribution in [0.3, 0.4) is 0 Å². The summed E-state index contributed by atoms with van der Waals surface area (Å²) in [6.07, 6.45) is 3.81. The van der Waals surface area contributed by atoms with E-state index in [1.165, 1.54) is 0 Å². The van der Waals surface area contributed by atoms with Gasteiger partial charge in [-0.1, -0.05) is 30.3 Å². The minimum absolute atomic E-state index is 0.162. The summed E-state index contributed by atoms with van der Waals surface area (Å²) in [5.41, 5.74) is 3.88. The summed E-state index contributed by atoms with van der Waals surface area (Å²) >= 11 is 0. The van der Waals surface area contributed by atoms with Crippen molar-refractivity contribution in [1.29, 1.82) is 0 Å². The first-order valence-corrected chi connectivity index (χ1v) is 9.60. The third-order valence-electron chi connectivity index (χ3n) is 4.88. The first-order valence-electron chi connectivity index (χ1n) is 9.60. The van der Waals surface area contributed by atoms with E-state index in [-0.39, 0.29) is 5.56 Å². The molecule has 30 heavy (non-hydrogen) atoms. The SMILES string of the molecule is COc1ccc(C(=Cc2nc3[nH]c(=O)c(-c4ccccc4)cc3c[nH+]2)N(C)C)cc1. The molecule has 4 rings (SSSR count). The quantitative estimate of drug-likeness (QED) is 0.558. The Balaban J connectivity index is 1.75. The molecule has 150 valence electrons. The van der Waals surface area contributed by atoms with Gasteiger partial charge in [-0.15, -0.1) is 0 Å². The van der Waals surface area contributed by atoms with Crippen LogP contribution in [0, 0.1) is 0 Å². The van der Waals surface area contributed by atoms with Gasteiger partial charge in [0.1, 0.15) is 11.9 Å². The third kappa shape index (κ3) is 3.93. The van der Waals surface area contributed by atoms with Crippen LogP contribution in [0.25, 0.3) is 33.9 Å². The number of nitrogens with one attached hydrogen (secondary N) is 2. The average Bonchev–Trinajstić information content (AvgIpc) is 2.77. The molecule has 2 heterocycles. The number of nitrogens with zero attached hydrogens (tertiary/aromatic N) is 2. The molecule has 0 radical (unpaired) electrons. The van der Waals surface area contributed by atoms with Crippen LogP contribution in [0.4, 0.5) is 0 Å². The van der Waals surface area contributed by atoms with Crippen LogP contribution in [0.2, 0.25) is 0 Å². The lowest BCUT2D eigenvalue weighted by Crippen LogP contribution is -2.16. The Bertz CT molecular complexity index is 1260. The van der Waals surface area contributed by atoms with Gasteiger partial charge in [0.05, 0.1) is 24.3 Å². The lowest BCUT2D eigenvalue weighted by atomic mass is 10.1. The Hall–Kier alpha value is -3.93. The predicted molar refractivity (Wildman–Crippen MR) is 119 cm³/mol. The summed E-state index contributed by atoms with van der Waals surface area (Å²) in [7, 11) is 5.60. The van der Waals surface area contributed by atoms with Crippen molar-refractivity contribution in [1.82, 2.24) is 14.9 Å². The monoisotopic (exact) mass is 399 g/mol. The van der Waals surface area contributed by atoms with Crippen molar-refractivity contribution in [2.24, 2.45) is 0 Å². The van der Waals surface area contributed by atoms with Gasteiger partial charge in [-0.2, -0.15) is 0 Å². The van der Waals surface area contributed by atoms with Crippen LogP contribution in [0.15, 0.2) is 71.7 Å². The highest BCUT2D eigenvalue weighted by molar-refractivity contribution is 5.82. The van der Waals surface area contributed by atoms with E-state index in [1.807, 2.05) is 91.9 Å². The van der Waals surface area contributed by atoms with Crippen molar-refractivity contribution in [3.63, 3.8) is 0 Å². The number of methoxy groups -OCH3 is 1. The van der Waals surface area contributed by atoms with Crippen molar-refractivity contribution >= 4 is 22.8 Å². The van der Waals surface area contributed by atoms with Gasteiger partial charge in [-0.3, -0.25) is 9.78 Å². The highest BCUT2D eigenvalue weighted by Crippen LogP contribution is 2.22. The summed E-state index contributed by atoms with van der Waals surface area (Å²) in [5, 5.41) is 0.835. The van der Waals surface area contributed by atoms with E-state index in [1.54, 1.807) is 7.11 Å². The second-order valence-electron chi connectivity index (χ2n) is 7.12. The lowest BCUT2D eigenvalue weighted by molar-refractivity contribution is -0.383. The molecule has 0 unspecified atom stereocenters. The van der Waals surface area contributed by atoms with Crippen molar-refractivity contribution in [2.75, 3.05) is 21.2 Å². The van der Waals surface area contributed by atoms with Gasteiger partial charge in [0.25, 0.3) is 11.2 Å². The Morgan fingerprint density at radius 1 is 1.10 bits per heavy atom. The zero-order valence-corrected chi connectivity index (χ0v) is 17.1. The minimum Gasteiger partial charge on any atom is -0.497 e. The van der Waals surface area contributed by atoms with Gasteiger partial charge in [-0.25, -0.2) is 4.98 Å². The molecule has 0 amide bonds. The molecule has 0 saturated heterocycles. The Kier molecular flexibility index (Phi) is 5.30. The van der Waals surface area contributed by atoms with E-state index in [0.29, 0.717) is 17.0 Å². The summed E-state index contributed by atoms with van der Waals surface area (Å²) < 4.78 is 5.24. The molecule has 2 N–H and O–H groups in total. The van der Waals surface area contributed by atoms with E-state index in [2.05, 4.69) is 15.0 Å². The number of ether oxygens (including phenoxy) is 1. The number of aromatic nitrogens is 3. The molecule has 0 spiro atoms. The number of pyridine rings is 1. The normalized spacial score (nSPS) is 11.5. The van der Waals surface area contributed by atoms with Gasteiger partial charge in [0, 0.05) is 19.7 Å². The number of hydrogen-bond donors (Lipinski definition) is 1. The van der Waals surface area contributed by atoms with Crippen LogP contribution in [-0.2, 0) is 0 Å². The molecule has 4 aromatic rings. The fourth-order valence-electron chi connectivity index (χ4n) is 3.31. The molecular weight excluding hydrogens is 376 g/mol. The van der Waals surface area contributed by atoms with Crippen LogP contribution in [0.1, 0.15) is 11.4 Å². The molecule has 2 aromatic heterocycles. The average molecular weight is 399 g/mol. The number of aromatic amines is 2. The second-order valence-corrected chi connectivity index (χ2v) is 7.12.